The number of benzene rings is 2. The zero-order valence-corrected chi connectivity index (χ0v) is 13.9. The van der Waals surface area contributed by atoms with Crippen molar-refractivity contribution in [2.75, 3.05) is 5.94 Å². The molecule has 0 unspecified atom stereocenters. The molecule has 1 aromatic heterocycles. The number of sulfone groups is 1. The van der Waals surface area contributed by atoms with Crippen LogP contribution in [-0.4, -0.2) is 24.3 Å². The van der Waals surface area contributed by atoms with Gasteiger partial charge in [-0.1, -0.05) is 24.3 Å². The first-order valence-electron chi connectivity index (χ1n) is 6.86. The van der Waals surface area contributed by atoms with Crippen molar-refractivity contribution in [1.82, 2.24) is 4.98 Å². The lowest BCUT2D eigenvalue weighted by Crippen LogP contribution is -2.10. The van der Waals surface area contributed by atoms with E-state index >= 15 is 0 Å². The van der Waals surface area contributed by atoms with E-state index in [-0.39, 0.29) is 16.6 Å². The number of aromatic nitrogens is 1. The van der Waals surface area contributed by atoms with Crippen LogP contribution in [-0.2, 0) is 21.2 Å². The molecule has 0 amide bonds. The summed E-state index contributed by atoms with van der Waals surface area (Å²) in [6.45, 7) is -0.165. The SMILES string of the molecule is O=[N+]([O-])c1ccccc1COCS(=O)(=O)c1nc2ccccc2s1. The predicted molar refractivity (Wildman–Crippen MR) is 89.6 cm³/mol. The lowest BCUT2D eigenvalue weighted by Gasteiger charge is -2.04. The predicted octanol–water partition coefficient (Wildman–Crippen LogP) is 3.15. The van der Waals surface area contributed by atoms with Gasteiger partial charge in [-0.15, -0.1) is 11.3 Å². The highest BCUT2D eigenvalue weighted by Gasteiger charge is 2.21. The van der Waals surface area contributed by atoms with Gasteiger partial charge in [0.15, 0.2) is 5.94 Å². The molecule has 0 N–H and O–H groups in total. The molecule has 0 spiro atoms. The van der Waals surface area contributed by atoms with Gasteiger partial charge in [0.1, 0.15) is 0 Å². The fraction of sp³-hybridized carbons (Fsp3) is 0.133. The van der Waals surface area contributed by atoms with E-state index in [1.165, 1.54) is 12.1 Å². The monoisotopic (exact) mass is 364 g/mol. The van der Waals surface area contributed by atoms with Crippen molar-refractivity contribution in [2.45, 2.75) is 10.9 Å². The van der Waals surface area contributed by atoms with Crippen LogP contribution in [0.5, 0.6) is 0 Å². The van der Waals surface area contributed by atoms with Gasteiger partial charge in [0.2, 0.25) is 14.2 Å². The maximum absolute atomic E-state index is 12.3. The molecule has 0 radical (unpaired) electrons. The van der Waals surface area contributed by atoms with E-state index in [0.29, 0.717) is 11.1 Å². The Kier molecular flexibility index (Phi) is 4.56. The summed E-state index contributed by atoms with van der Waals surface area (Å²) in [5.41, 5.74) is 0.830. The number of para-hydroxylation sites is 2. The molecule has 0 aliphatic carbocycles. The van der Waals surface area contributed by atoms with Crippen molar-refractivity contribution >= 4 is 37.1 Å². The maximum Gasteiger partial charge on any atom is 0.274 e. The van der Waals surface area contributed by atoms with E-state index in [9.17, 15) is 18.5 Å². The number of thiazole rings is 1. The van der Waals surface area contributed by atoms with E-state index in [4.69, 9.17) is 4.74 Å². The molecule has 0 aliphatic rings. The lowest BCUT2D eigenvalue weighted by atomic mass is 10.2. The highest BCUT2D eigenvalue weighted by Crippen LogP contribution is 2.26. The molecular formula is C15H12N2O5S2. The Labute approximate surface area is 141 Å². The molecule has 3 rings (SSSR count). The zero-order chi connectivity index (χ0) is 17.2. The van der Waals surface area contributed by atoms with Gasteiger partial charge in [-0.25, -0.2) is 13.4 Å². The second-order valence-corrected chi connectivity index (χ2v) is 8.06. The summed E-state index contributed by atoms with van der Waals surface area (Å²) in [7, 11) is -3.71. The fourth-order valence-electron chi connectivity index (χ4n) is 2.11. The van der Waals surface area contributed by atoms with Gasteiger partial charge in [0, 0.05) is 6.07 Å². The van der Waals surface area contributed by atoms with Crippen LogP contribution >= 0.6 is 11.3 Å². The molecule has 7 nitrogen and oxygen atoms in total. The maximum atomic E-state index is 12.3. The number of hydrogen-bond acceptors (Lipinski definition) is 7. The van der Waals surface area contributed by atoms with Crippen molar-refractivity contribution in [3.05, 3.63) is 64.2 Å². The minimum absolute atomic E-state index is 0.0220. The van der Waals surface area contributed by atoms with E-state index in [1.807, 2.05) is 6.07 Å². The Balaban J connectivity index is 1.73. The van der Waals surface area contributed by atoms with Gasteiger partial charge in [-0.3, -0.25) is 10.1 Å². The Morgan fingerprint density at radius 1 is 1.12 bits per heavy atom. The Morgan fingerprint density at radius 3 is 2.58 bits per heavy atom. The largest absolute Gasteiger partial charge is 0.360 e. The van der Waals surface area contributed by atoms with Crippen LogP contribution < -0.4 is 0 Å². The summed E-state index contributed by atoms with van der Waals surface area (Å²) in [6, 6.07) is 13.2. The molecule has 1 heterocycles. The third kappa shape index (κ3) is 3.42. The molecule has 24 heavy (non-hydrogen) atoms. The summed E-state index contributed by atoms with van der Waals surface area (Å²) in [5.74, 6) is -0.584. The molecule has 0 fully saturated rings. The summed E-state index contributed by atoms with van der Waals surface area (Å²) < 4.78 is 30.6. The lowest BCUT2D eigenvalue weighted by molar-refractivity contribution is -0.385. The first kappa shape index (κ1) is 16.5. The van der Waals surface area contributed by atoms with Crippen molar-refractivity contribution in [3.63, 3.8) is 0 Å². The van der Waals surface area contributed by atoms with Gasteiger partial charge in [-0.05, 0) is 18.2 Å². The Morgan fingerprint density at radius 2 is 1.83 bits per heavy atom. The highest BCUT2D eigenvalue weighted by molar-refractivity contribution is 7.93. The number of rotatable bonds is 6. The smallest absolute Gasteiger partial charge is 0.274 e. The van der Waals surface area contributed by atoms with Crippen molar-refractivity contribution in [1.29, 1.82) is 0 Å². The minimum Gasteiger partial charge on any atom is -0.360 e. The van der Waals surface area contributed by atoms with Gasteiger partial charge in [0.25, 0.3) is 5.69 Å². The molecule has 0 saturated heterocycles. The molecule has 3 aromatic rings. The molecular weight excluding hydrogens is 352 g/mol. The van der Waals surface area contributed by atoms with Gasteiger partial charge in [-0.2, -0.15) is 0 Å². The van der Waals surface area contributed by atoms with Gasteiger partial charge >= 0.3 is 0 Å². The number of hydrogen-bond donors (Lipinski definition) is 0. The second-order valence-electron chi connectivity index (χ2n) is 4.91. The number of nitro groups is 1. The van der Waals surface area contributed by atoms with Crippen LogP contribution in [0.1, 0.15) is 5.56 Å². The molecule has 0 bridgehead atoms. The van der Waals surface area contributed by atoms with E-state index in [2.05, 4.69) is 4.98 Å². The summed E-state index contributed by atoms with van der Waals surface area (Å²) >= 11 is 1.07. The van der Waals surface area contributed by atoms with Crippen LogP contribution in [0.25, 0.3) is 10.2 Å². The zero-order valence-electron chi connectivity index (χ0n) is 12.3. The standard InChI is InChI=1S/C15H12N2O5S2/c18-17(19)13-7-3-1-5-11(13)9-22-10-24(20,21)15-16-12-6-2-4-8-14(12)23-15/h1-8H,9-10H2. The first-order chi connectivity index (χ1) is 11.5. The second kappa shape index (κ2) is 6.63. The van der Waals surface area contributed by atoms with Crippen LogP contribution in [0.4, 0.5) is 5.69 Å². The number of nitrogens with zero attached hydrogens (tertiary/aromatic N) is 2. The quantitative estimate of drug-likeness (QED) is 0.492. The van der Waals surface area contributed by atoms with Crippen LogP contribution in [0.2, 0.25) is 0 Å². The van der Waals surface area contributed by atoms with Gasteiger partial charge < -0.3 is 4.74 Å². The van der Waals surface area contributed by atoms with Gasteiger partial charge in [0.05, 0.1) is 27.3 Å². The molecule has 2 aromatic carbocycles. The van der Waals surface area contributed by atoms with Crippen molar-refractivity contribution in [2.24, 2.45) is 0 Å². The summed E-state index contributed by atoms with van der Waals surface area (Å²) in [4.78, 5) is 14.5. The molecule has 124 valence electrons. The minimum atomic E-state index is -3.71. The van der Waals surface area contributed by atoms with Crippen molar-refractivity contribution in [3.8, 4) is 0 Å². The van der Waals surface area contributed by atoms with E-state index in [0.717, 1.165) is 16.0 Å². The number of fused-ring (bicyclic) bond motifs is 1. The first-order valence-corrected chi connectivity index (χ1v) is 9.32. The summed E-state index contributed by atoms with van der Waals surface area (Å²) in [6.07, 6.45) is 0. The highest BCUT2D eigenvalue weighted by atomic mass is 32.2. The Bertz CT molecular complexity index is 965. The average Bonchev–Trinajstić information content (AvgIpc) is 3.00. The Hall–Kier alpha value is -2.36. The van der Waals surface area contributed by atoms with E-state index < -0.39 is 20.7 Å². The molecule has 9 heteroatoms. The van der Waals surface area contributed by atoms with Crippen LogP contribution in [0, 0.1) is 10.1 Å². The average molecular weight is 364 g/mol. The normalized spacial score (nSPS) is 11.7. The number of nitro benzene ring substituents is 1. The topological polar surface area (TPSA) is 99.4 Å². The molecule has 0 atom stereocenters. The molecule has 0 aliphatic heterocycles. The van der Waals surface area contributed by atoms with E-state index in [1.54, 1.807) is 30.3 Å². The van der Waals surface area contributed by atoms with Crippen molar-refractivity contribution < 1.29 is 18.1 Å². The number of ether oxygens (including phenoxy) is 1. The third-order valence-corrected chi connectivity index (χ3v) is 6.17. The van der Waals surface area contributed by atoms with Crippen LogP contribution in [0.3, 0.4) is 0 Å². The molecule has 0 saturated carbocycles. The van der Waals surface area contributed by atoms with Crippen LogP contribution in [0.15, 0.2) is 52.9 Å². The summed E-state index contributed by atoms with van der Waals surface area (Å²) in [5, 5.41) is 10.9. The fourth-order valence-corrected chi connectivity index (χ4v) is 4.37. The third-order valence-electron chi connectivity index (χ3n) is 3.22.